The number of carbonyl (C=O) groups is 1. The molecule has 0 unspecified atom stereocenters. The third kappa shape index (κ3) is 2.53. The van der Waals surface area contributed by atoms with Crippen molar-refractivity contribution in [2.45, 2.75) is 0 Å². The van der Waals surface area contributed by atoms with Gasteiger partial charge >= 0.3 is 5.97 Å². The van der Waals surface area contributed by atoms with Gasteiger partial charge in [-0.25, -0.2) is 4.79 Å². The van der Waals surface area contributed by atoms with E-state index >= 15 is 0 Å². The van der Waals surface area contributed by atoms with Gasteiger partial charge in [0.15, 0.2) is 0 Å². The van der Waals surface area contributed by atoms with E-state index in [0.717, 1.165) is 5.56 Å². The first kappa shape index (κ1) is 13.7. The van der Waals surface area contributed by atoms with Gasteiger partial charge < -0.3 is 10.5 Å². The molecule has 0 atom stereocenters. The molecule has 3 nitrogen and oxygen atoms in total. The number of nitrogens with two attached hydrogens (primary N) is 1. The quantitative estimate of drug-likeness (QED) is 0.672. The highest BCUT2D eigenvalue weighted by Gasteiger charge is 2.17. The van der Waals surface area contributed by atoms with E-state index in [1.165, 1.54) is 7.11 Å². The largest absolute Gasteiger partial charge is 0.465 e. The molecule has 0 amide bonds. The van der Waals surface area contributed by atoms with E-state index < -0.39 is 5.97 Å². The molecule has 0 aliphatic heterocycles. The number of hydrogen-bond acceptors (Lipinski definition) is 3. The van der Waals surface area contributed by atoms with Crippen molar-refractivity contribution in [3.8, 4) is 11.1 Å². The topological polar surface area (TPSA) is 52.3 Å². The van der Waals surface area contributed by atoms with Crippen LogP contribution in [0.2, 0.25) is 10.0 Å². The van der Waals surface area contributed by atoms with Crippen molar-refractivity contribution in [3.05, 3.63) is 52.0 Å². The summed E-state index contributed by atoms with van der Waals surface area (Å²) in [5.74, 6) is -0.523. The lowest BCUT2D eigenvalue weighted by atomic mass is 10.0. The summed E-state index contributed by atoms with van der Waals surface area (Å²) >= 11 is 12.3. The summed E-state index contributed by atoms with van der Waals surface area (Å²) in [4.78, 5) is 11.5. The standard InChI is InChI=1S/C14H11Cl2NO2/c1-19-14(18)10-7-6-9(12(16)13(10)17)8-4-2-3-5-11(8)15/h2-7H,17H2,1H3. The maximum atomic E-state index is 11.5. The third-order valence-electron chi connectivity index (χ3n) is 2.75. The van der Waals surface area contributed by atoms with Crippen molar-refractivity contribution >= 4 is 34.9 Å². The SMILES string of the molecule is COC(=O)c1ccc(-c2ccccc2Cl)c(Cl)c1N. The van der Waals surface area contributed by atoms with Crippen molar-refractivity contribution in [3.63, 3.8) is 0 Å². The first-order chi connectivity index (χ1) is 9.06. The fourth-order valence-corrected chi connectivity index (χ4v) is 2.27. The number of rotatable bonds is 2. The highest BCUT2D eigenvalue weighted by molar-refractivity contribution is 6.38. The lowest BCUT2D eigenvalue weighted by molar-refractivity contribution is 0.0602. The van der Waals surface area contributed by atoms with Crippen LogP contribution in [0.15, 0.2) is 36.4 Å². The van der Waals surface area contributed by atoms with Gasteiger partial charge in [0, 0.05) is 16.1 Å². The Morgan fingerprint density at radius 2 is 1.79 bits per heavy atom. The summed E-state index contributed by atoms with van der Waals surface area (Å²) in [5.41, 5.74) is 7.74. The molecule has 2 rings (SSSR count). The minimum Gasteiger partial charge on any atom is -0.465 e. The first-order valence-corrected chi connectivity index (χ1v) is 6.23. The summed E-state index contributed by atoms with van der Waals surface area (Å²) in [5, 5.41) is 0.852. The lowest BCUT2D eigenvalue weighted by Crippen LogP contribution is -2.06. The first-order valence-electron chi connectivity index (χ1n) is 5.47. The van der Waals surface area contributed by atoms with Crippen molar-refractivity contribution in [2.24, 2.45) is 0 Å². The second kappa shape index (κ2) is 5.51. The van der Waals surface area contributed by atoms with E-state index in [-0.39, 0.29) is 16.3 Å². The molecule has 98 valence electrons. The Kier molecular flexibility index (Phi) is 3.98. The molecular formula is C14H11Cl2NO2. The van der Waals surface area contributed by atoms with Crippen LogP contribution in [0.25, 0.3) is 11.1 Å². The number of ether oxygens (including phenoxy) is 1. The molecule has 0 radical (unpaired) electrons. The van der Waals surface area contributed by atoms with Crippen molar-refractivity contribution < 1.29 is 9.53 Å². The number of carbonyl (C=O) groups excluding carboxylic acids is 1. The second-order valence-electron chi connectivity index (χ2n) is 3.86. The van der Waals surface area contributed by atoms with Gasteiger partial charge in [-0.15, -0.1) is 0 Å². The minimum atomic E-state index is -0.523. The van der Waals surface area contributed by atoms with Crippen LogP contribution in [-0.4, -0.2) is 13.1 Å². The molecule has 2 N–H and O–H groups in total. The number of halogens is 2. The van der Waals surface area contributed by atoms with Crippen molar-refractivity contribution in [1.82, 2.24) is 0 Å². The van der Waals surface area contributed by atoms with E-state index in [1.807, 2.05) is 18.2 Å². The fourth-order valence-electron chi connectivity index (χ4n) is 1.77. The summed E-state index contributed by atoms with van der Waals surface area (Å²) in [6.07, 6.45) is 0. The average molecular weight is 296 g/mol. The highest BCUT2D eigenvalue weighted by atomic mass is 35.5. The summed E-state index contributed by atoms with van der Waals surface area (Å²) in [6, 6.07) is 10.5. The number of nitrogen functional groups attached to an aromatic ring is 1. The lowest BCUT2D eigenvalue weighted by Gasteiger charge is -2.11. The molecule has 5 heteroatoms. The molecule has 2 aromatic carbocycles. The molecule has 0 fully saturated rings. The van der Waals surface area contributed by atoms with Gasteiger partial charge in [-0.2, -0.15) is 0 Å². The second-order valence-corrected chi connectivity index (χ2v) is 4.64. The van der Waals surface area contributed by atoms with Gasteiger partial charge in [0.05, 0.1) is 23.4 Å². The Balaban J connectivity index is 2.60. The van der Waals surface area contributed by atoms with Gasteiger partial charge in [0.25, 0.3) is 0 Å². The smallest absolute Gasteiger partial charge is 0.340 e. The van der Waals surface area contributed by atoms with Crippen LogP contribution in [-0.2, 0) is 4.74 Å². The Hall–Kier alpha value is -1.71. The predicted molar refractivity (Wildman–Crippen MR) is 77.6 cm³/mol. The summed E-state index contributed by atoms with van der Waals surface area (Å²) in [6.45, 7) is 0. The van der Waals surface area contributed by atoms with Gasteiger partial charge in [0.2, 0.25) is 0 Å². The number of benzene rings is 2. The molecule has 0 aromatic heterocycles. The zero-order valence-electron chi connectivity index (χ0n) is 10.1. The molecule has 0 heterocycles. The van der Waals surface area contributed by atoms with Gasteiger partial charge in [-0.05, 0) is 12.1 Å². The van der Waals surface area contributed by atoms with E-state index in [2.05, 4.69) is 4.74 Å². The molecule has 0 spiro atoms. The zero-order chi connectivity index (χ0) is 14.0. The van der Waals surface area contributed by atoms with Gasteiger partial charge in [0.1, 0.15) is 0 Å². The Bertz CT molecular complexity index is 641. The van der Waals surface area contributed by atoms with Crippen molar-refractivity contribution in [2.75, 3.05) is 12.8 Å². The van der Waals surface area contributed by atoms with E-state index in [9.17, 15) is 4.79 Å². The normalized spacial score (nSPS) is 10.3. The Labute approximate surface area is 120 Å². The van der Waals surface area contributed by atoms with Crippen molar-refractivity contribution in [1.29, 1.82) is 0 Å². The number of hydrogen-bond donors (Lipinski definition) is 1. The molecule has 2 aromatic rings. The van der Waals surface area contributed by atoms with Crippen LogP contribution in [0.3, 0.4) is 0 Å². The Morgan fingerprint density at radius 1 is 1.11 bits per heavy atom. The molecule has 0 aliphatic rings. The number of esters is 1. The molecule has 0 saturated heterocycles. The van der Waals surface area contributed by atoms with Crippen LogP contribution in [0.4, 0.5) is 5.69 Å². The van der Waals surface area contributed by atoms with E-state index in [0.29, 0.717) is 10.6 Å². The van der Waals surface area contributed by atoms with E-state index in [4.69, 9.17) is 28.9 Å². The average Bonchev–Trinajstić information content (AvgIpc) is 2.42. The molecular weight excluding hydrogens is 285 g/mol. The van der Waals surface area contributed by atoms with Gasteiger partial charge in [-0.1, -0.05) is 47.5 Å². The maximum absolute atomic E-state index is 11.5. The monoisotopic (exact) mass is 295 g/mol. The zero-order valence-corrected chi connectivity index (χ0v) is 11.6. The van der Waals surface area contributed by atoms with Crippen LogP contribution < -0.4 is 5.73 Å². The number of methoxy groups -OCH3 is 1. The van der Waals surface area contributed by atoms with Crippen LogP contribution in [0.5, 0.6) is 0 Å². The third-order valence-corrected chi connectivity index (χ3v) is 3.49. The highest BCUT2D eigenvalue weighted by Crippen LogP contribution is 2.37. The predicted octanol–water partition coefficient (Wildman–Crippen LogP) is 4.03. The fraction of sp³-hybridized carbons (Fsp3) is 0.0714. The minimum absolute atomic E-state index is 0.186. The van der Waals surface area contributed by atoms with Crippen LogP contribution in [0.1, 0.15) is 10.4 Å². The van der Waals surface area contributed by atoms with E-state index in [1.54, 1.807) is 18.2 Å². The molecule has 0 saturated carbocycles. The summed E-state index contributed by atoms with van der Waals surface area (Å²) < 4.78 is 4.64. The van der Waals surface area contributed by atoms with Crippen LogP contribution >= 0.6 is 23.2 Å². The Morgan fingerprint density at radius 3 is 2.42 bits per heavy atom. The number of anilines is 1. The summed E-state index contributed by atoms with van der Waals surface area (Å²) in [7, 11) is 1.29. The molecule has 0 bridgehead atoms. The maximum Gasteiger partial charge on any atom is 0.340 e. The van der Waals surface area contributed by atoms with Crippen LogP contribution in [0, 0.1) is 0 Å². The molecule has 0 aliphatic carbocycles. The van der Waals surface area contributed by atoms with Gasteiger partial charge in [-0.3, -0.25) is 0 Å². The molecule has 19 heavy (non-hydrogen) atoms.